The largest absolute Gasteiger partial charge is 0.460 e. The Morgan fingerprint density at radius 2 is 2.00 bits per heavy atom. The molecule has 0 spiro atoms. The standard InChI is InChI=1S/C15H22O3/c1-12(2)7-8-17-9-10-18-15(16)14-6-4-5-13(3)11-14/h4-6,11-12H,7-10H2,1-3H3. The van der Waals surface area contributed by atoms with Crippen LogP contribution in [-0.2, 0) is 9.47 Å². The van der Waals surface area contributed by atoms with E-state index in [-0.39, 0.29) is 5.97 Å². The molecule has 0 saturated carbocycles. The molecule has 0 heterocycles. The van der Waals surface area contributed by atoms with Crippen LogP contribution in [0.25, 0.3) is 0 Å². The molecule has 0 aliphatic heterocycles. The van der Waals surface area contributed by atoms with Crippen LogP contribution in [0.5, 0.6) is 0 Å². The van der Waals surface area contributed by atoms with Gasteiger partial charge in [-0.3, -0.25) is 0 Å². The Labute approximate surface area is 109 Å². The molecule has 3 heteroatoms. The van der Waals surface area contributed by atoms with Gasteiger partial charge in [0.15, 0.2) is 0 Å². The number of ether oxygens (including phenoxy) is 2. The average molecular weight is 250 g/mol. The summed E-state index contributed by atoms with van der Waals surface area (Å²) in [6, 6.07) is 7.38. The van der Waals surface area contributed by atoms with Crippen molar-refractivity contribution < 1.29 is 14.3 Å². The lowest BCUT2D eigenvalue weighted by Gasteiger charge is -2.07. The van der Waals surface area contributed by atoms with Crippen molar-refractivity contribution in [3.8, 4) is 0 Å². The van der Waals surface area contributed by atoms with E-state index in [1.807, 2.05) is 25.1 Å². The van der Waals surface area contributed by atoms with Crippen molar-refractivity contribution in [3.63, 3.8) is 0 Å². The number of hydrogen-bond donors (Lipinski definition) is 0. The number of benzene rings is 1. The molecule has 0 fully saturated rings. The van der Waals surface area contributed by atoms with Gasteiger partial charge in [-0.15, -0.1) is 0 Å². The van der Waals surface area contributed by atoms with E-state index >= 15 is 0 Å². The number of esters is 1. The molecule has 0 atom stereocenters. The number of carbonyl (C=O) groups excluding carboxylic acids is 1. The topological polar surface area (TPSA) is 35.5 Å². The van der Waals surface area contributed by atoms with Crippen molar-refractivity contribution in [3.05, 3.63) is 35.4 Å². The highest BCUT2D eigenvalue weighted by Crippen LogP contribution is 2.05. The summed E-state index contributed by atoms with van der Waals surface area (Å²) >= 11 is 0. The van der Waals surface area contributed by atoms with E-state index in [9.17, 15) is 4.79 Å². The molecule has 0 aliphatic rings. The van der Waals surface area contributed by atoms with Gasteiger partial charge in [-0.1, -0.05) is 31.5 Å². The van der Waals surface area contributed by atoms with Crippen LogP contribution in [0.15, 0.2) is 24.3 Å². The number of rotatable bonds is 7. The summed E-state index contributed by atoms with van der Waals surface area (Å²) in [6.07, 6.45) is 1.03. The molecule has 1 rings (SSSR count). The maximum absolute atomic E-state index is 11.7. The first-order chi connectivity index (χ1) is 8.59. The van der Waals surface area contributed by atoms with Crippen LogP contribution >= 0.6 is 0 Å². The molecule has 0 aliphatic carbocycles. The van der Waals surface area contributed by atoms with Crippen molar-refractivity contribution >= 4 is 5.97 Å². The molecule has 0 aromatic heterocycles. The van der Waals surface area contributed by atoms with Crippen molar-refractivity contribution in [2.75, 3.05) is 19.8 Å². The first kappa shape index (κ1) is 14.7. The van der Waals surface area contributed by atoms with E-state index in [2.05, 4.69) is 13.8 Å². The lowest BCUT2D eigenvalue weighted by molar-refractivity contribution is 0.0303. The Kier molecular flexibility index (Phi) is 6.44. The Bertz CT molecular complexity index is 372. The number of carbonyl (C=O) groups is 1. The molecule has 0 N–H and O–H groups in total. The van der Waals surface area contributed by atoms with Gasteiger partial charge in [0.05, 0.1) is 12.2 Å². The highest BCUT2D eigenvalue weighted by molar-refractivity contribution is 5.89. The van der Waals surface area contributed by atoms with Crippen molar-refractivity contribution in [2.24, 2.45) is 5.92 Å². The second-order valence-corrected chi connectivity index (χ2v) is 4.80. The monoisotopic (exact) mass is 250 g/mol. The van der Waals surface area contributed by atoms with Crippen LogP contribution in [0, 0.1) is 12.8 Å². The summed E-state index contributed by atoms with van der Waals surface area (Å²) in [5, 5.41) is 0. The Hall–Kier alpha value is -1.35. The van der Waals surface area contributed by atoms with E-state index in [0.29, 0.717) is 24.7 Å². The van der Waals surface area contributed by atoms with Gasteiger partial charge in [-0.2, -0.15) is 0 Å². The molecule has 1 aromatic rings. The van der Waals surface area contributed by atoms with Crippen LogP contribution in [-0.4, -0.2) is 25.8 Å². The Balaban J connectivity index is 2.18. The van der Waals surface area contributed by atoms with Crippen LogP contribution in [0.4, 0.5) is 0 Å². The third kappa shape index (κ3) is 5.82. The lowest BCUT2D eigenvalue weighted by Crippen LogP contribution is -2.11. The molecular weight excluding hydrogens is 228 g/mol. The van der Waals surface area contributed by atoms with E-state index in [1.54, 1.807) is 6.07 Å². The minimum atomic E-state index is -0.286. The molecule has 0 saturated heterocycles. The zero-order valence-electron chi connectivity index (χ0n) is 11.4. The predicted molar refractivity (Wildman–Crippen MR) is 71.7 cm³/mol. The minimum absolute atomic E-state index is 0.286. The molecule has 0 unspecified atom stereocenters. The molecule has 18 heavy (non-hydrogen) atoms. The van der Waals surface area contributed by atoms with Gasteiger partial charge in [0, 0.05) is 6.61 Å². The third-order valence-electron chi connectivity index (χ3n) is 2.55. The van der Waals surface area contributed by atoms with Crippen LogP contribution < -0.4 is 0 Å². The van der Waals surface area contributed by atoms with Gasteiger partial charge < -0.3 is 9.47 Å². The Morgan fingerprint density at radius 3 is 2.67 bits per heavy atom. The first-order valence-corrected chi connectivity index (χ1v) is 6.41. The van der Waals surface area contributed by atoms with E-state index in [1.165, 1.54) is 0 Å². The lowest BCUT2D eigenvalue weighted by atomic mass is 10.1. The SMILES string of the molecule is Cc1cccc(C(=O)OCCOCCC(C)C)c1. The van der Waals surface area contributed by atoms with E-state index in [0.717, 1.165) is 18.6 Å². The summed E-state index contributed by atoms with van der Waals surface area (Å²) in [7, 11) is 0. The second-order valence-electron chi connectivity index (χ2n) is 4.80. The van der Waals surface area contributed by atoms with Gasteiger partial charge in [-0.25, -0.2) is 4.79 Å². The highest BCUT2D eigenvalue weighted by Gasteiger charge is 2.06. The Morgan fingerprint density at radius 1 is 1.22 bits per heavy atom. The summed E-state index contributed by atoms with van der Waals surface area (Å²) in [5.41, 5.74) is 1.65. The molecule has 0 bridgehead atoms. The predicted octanol–water partition coefficient (Wildman–Crippen LogP) is 3.21. The van der Waals surface area contributed by atoms with Crippen LogP contribution in [0.1, 0.15) is 36.2 Å². The molecule has 0 amide bonds. The maximum Gasteiger partial charge on any atom is 0.338 e. The zero-order valence-corrected chi connectivity index (χ0v) is 11.4. The van der Waals surface area contributed by atoms with Gasteiger partial charge in [0.25, 0.3) is 0 Å². The fourth-order valence-electron chi connectivity index (χ4n) is 1.47. The van der Waals surface area contributed by atoms with Crippen LogP contribution in [0.2, 0.25) is 0 Å². The molecule has 0 radical (unpaired) electrons. The highest BCUT2D eigenvalue weighted by atomic mass is 16.6. The summed E-state index contributed by atoms with van der Waals surface area (Å²) in [6.45, 7) is 7.75. The number of aryl methyl sites for hydroxylation is 1. The molecule has 100 valence electrons. The average Bonchev–Trinajstić information content (AvgIpc) is 2.33. The van der Waals surface area contributed by atoms with Crippen molar-refractivity contribution in [2.45, 2.75) is 27.2 Å². The van der Waals surface area contributed by atoms with E-state index < -0.39 is 0 Å². The molecule has 1 aromatic carbocycles. The summed E-state index contributed by atoms with van der Waals surface area (Å²) in [5.74, 6) is 0.353. The van der Waals surface area contributed by atoms with Crippen LogP contribution in [0.3, 0.4) is 0 Å². The second kappa shape index (κ2) is 7.88. The maximum atomic E-state index is 11.7. The van der Waals surface area contributed by atoms with Gasteiger partial charge in [0.2, 0.25) is 0 Å². The quantitative estimate of drug-likeness (QED) is 0.550. The fourth-order valence-corrected chi connectivity index (χ4v) is 1.47. The van der Waals surface area contributed by atoms with Crippen molar-refractivity contribution in [1.82, 2.24) is 0 Å². The fraction of sp³-hybridized carbons (Fsp3) is 0.533. The third-order valence-corrected chi connectivity index (χ3v) is 2.55. The summed E-state index contributed by atoms with van der Waals surface area (Å²) in [4.78, 5) is 11.7. The minimum Gasteiger partial charge on any atom is -0.460 e. The molecular formula is C15H22O3. The zero-order chi connectivity index (χ0) is 13.4. The van der Waals surface area contributed by atoms with Crippen molar-refractivity contribution in [1.29, 1.82) is 0 Å². The normalized spacial score (nSPS) is 10.7. The van der Waals surface area contributed by atoms with E-state index in [4.69, 9.17) is 9.47 Å². The van der Waals surface area contributed by atoms with Gasteiger partial charge in [0.1, 0.15) is 6.61 Å². The van der Waals surface area contributed by atoms with Gasteiger partial charge >= 0.3 is 5.97 Å². The molecule has 3 nitrogen and oxygen atoms in total. The smallest absolute Gasteiger partial charge is 0.338 e. The van der Waals surface area contributed by atoms with Gasteiger partial charge in [-0.05, 0) is 31.4 Å². The number of hydrogen-bond acceptors (Lipinski definition) is 3. The summed E-state index contributed by atoms with van der Waals surface area (Å²) < 4.78 is 10.5. The first-order valence-electron chi connectivity index (χ1n) is 6.41.